The van der Waals surface area contributed by atoms with Crippen molar-refractivity contribution in [3.8, 4) is 5.75 Å². The molecule has 9 nitrogen and oxygen atoms in total. The van der Waals surface area contributed by atoms with Crippen molar-refractivity contribution in [1.82, 2.24) is 30.1 Å². The predicted octanol–water partition coefficient (Wildman–Crippen LogP) is 3.72. The van der Waals surface area contributed by atoms with Gasteiger partial charge in [0.1, 0.15) is 17.6 Å². The SMILES string of the molecule is CCC(C)(C)n1nnnc1[C@@H](c1cc2ccc(OC)cc2[nH]c1=O)N1CCN(c2ccc(F)cc2)CC1. The van der Waals surface area contributed by atoms with Gasteiger partial charge in [0.05, 0.1) is 18.2 Å². The number of benzene rings is 2. The maximum absolute atomic E-state index is 13.5. The van der Waals surface area contributed by atoms with Crippen molar-refractivity contribution < 1.29 is 9.13 Å². The molecule has 3 heterocycles. The molecule has 0 aliphatic carbocycles. The van der Waals surface area contributed by atoms with Crippen LogP contribution in [-0.4, -0.2) is 63.4 Å². The highest BCUT2D eigenvalue weighted by atomic mass is 19.1. The van der Waals surface area contributed by atoms with Gasteiger partial charge < -0.3 is 14.6 Å². The lowest BCUT2D eigenvalue weighted by atomic mass is 9.99. The van der Waals surface area contributed by atoms with E-state index < -0.39 is 6.04 Å². The zero-order valence-corrected chi connectivity index (χ0v) is 21.6. The molecule has 1 aliphatic rings. The molecule has 37 heavy (non-hydrogen) atoms. The Bertz CT molecular complexity index is 1440. The second kappa shape index (κ2) is 9.93. The van der Waals surface area contributed by atoms with Crippen LogP contribution in [0.1, 0.15) is 44.6 Å². The van der Waals surface area contributed by atoms with Crippen LogP contribution in [0.25, 0.3) is 10.9 Å². The van der Waals surface area contributed by atoms with Crippen molar-refractivity contribution in [2.75, 3.05) is 38.2 Å². The van der Waals surface area contributed by atoms with Crippen molar-refractivity contribution in [2.45, 2.75) is 38.8 Å². The first-order valence-corrected chi connectivity index (χ1v) is 12.5. The van der Waals surface area contributed by atoms with E-state index >= 15 is 0 Å². The quantitative estimate of drug-likeness (QED) is 0.409. The van der Waals surface area contributed by atoms with Gasteiger partial charge in [-0.15, -0.1) is 5.10 Å². The number of rotatable bonds is 7. The van der Waals surface area contributed by atoms with Gasteiger partial charge >= 0.3 is 0 Å². The molecule has 194 valence electrons. The molecule has 2 aromatic carbocycles. The Morgan fingerprint density at radius 3 is 2.49 bits per heavy atom. The number of nitrogens with one attached hydrogen (secondary N) is 1. The number of nitrogens with zero attached hydrogens (tertiary/aromatic N) is 6. The van der Waals surface area contributed by atoms with Crippen LogP contribution in [0, 0.1) is 5.82 Å². The van der Waals surface area contributed by atoms with Gasteiger partial charge in [0.15, 0.2) is 5.82 Å². The van der Waals surface area contributed by atoms with Crippen LogP contribution in [-0.2, 0) is 5.54 Å². The Labute approximate surface area is 214 Å². The molecule has 5 rings (SSSR count). The van der Waals surface area contributed by atoms with Gasteiger partial charge in [0, 0.05) is 43.5 Å². The normalized spacial score (nSPS) is 15.8. The van der Waals surface area contributed by atoms with Crippen LogP contribution in [0.3, 0.4) is 0 Å². The molecule has 0 radical (unpaired) electrons. The molecule has 0 bridgehead atoms. The third-order valence-corrected chi connectivity index (χ3v) is 7.42. The van der Waals surface area contributed by atoms with E-state index in [4.69, 9.17) is 4.74 Å². The maximum atomic E-state index is 13.5. The van der Waals surface area contributed by atoms with Crippen molar-refractivity contribution >= 4 is 16.6 Å². The van der Waals surface area contributed by atoms with E-state index in [1.807, 2.05) is 28.9 Å². The molecule has 10 heteroatoms. The molecular weight excluding hydrogens is 473 g/mol. The van der Waals surface area contributed by atoms with Crippen LogP contribution in [0.5, 0.6) is 5.75 Å². The number of fused-ring (bicyclic) bond motifs is 1. The van der Waals surface area contributed by atoms with Gasteiger partial charge in [-0.2, -0.15) is 0 Å². The van der Waals surface area contributed by atoms with Gasteiger partial charge in [0.25, 0.3) is 5.56 Å². The number of hydrogen-bond acceptors (Lipinski definition) is 7. The molecule has 1 atom stereocenters. The molecule has 1 aliphatic heterocycles. The Hall–Kier alpha value is -3.79. The number of aromatic amines is 1. The molecule has 0 spiro atoms. The van der Waals surface area contributed by atoms with Crippen molar-refractivity contribution in [3.63, 3.8) is 0 Å². The Morgan fingerprint density at radius 2 is 1.81 bits per heavy atom. The minimum absolute atomic E-state index is 0.185. The van der Waals surface area contributed by atoms with E-state index in [2.05, 4.69) is 51.1 Å². The Kier molecular flexibility index (Phi) is 6.68. The predicted molar refractivity (Wildman–Crippen MR) is 141 cm³/mol. The van der Waals surface area contributed by atoms with Crippen LogP contribution in [0.15, 0.2) is 53.3 Å². The van der Waals surface area contributed by atoms with Gasteiger partial charge in [-0.1, -0.05) is 6.92 Å². The highest BCUT2D eigenvalue weighted by Crippen LogP contribution is 2.32. The molecule has 0 unspecified atom stereocenters. The fourth-order valence-electron chi connectivity index (χ4n) is 4.86. The number of ether oxygens (including phenoxy) is 1. The molecule has 0 saturated carbocycles. The van der Waals surface area contributed by atoms with Crippen molar-refractivity contribution in [1.29, 1.82) is 0 Å². The zero-order chi connectivity index (χ0) is 26.2. The smallest absolute Gasteiger partial charge is 0.253 e. The summed E-state index contributed by atoms with van der Waals surface area (Å²) >= 11 is 0. The standard InChI is InChI=1S/C27H32FN7O2/c1-5-27(2,3)35-25(30-31-32-35)24(22-16-18-6-11-21(37-4)17-23(18)29-26(22)36)34-14-12-33(13-15-34)20-9-7-19(28)8-10-20/h6-11,16-17,24H,5,12-15H2,1-4H3,(H,29,36)/t24-/m1/s1. The van der Waals surface area contributed by atoms with Crippen molar-refractivity contribution in [3.05, 3.63) is 76.1 Å². The topological polar surface area (TPSA) is 92.2 Å². The number of piperazine rings is 1. The number of hydrogen-bond donors (Lipinski definition) is 1. The summed E-state index contributed by atoms with van der Waals surface area (Å²) < 4.78 is 20.6. The van der Waals surface area contributed by atoms with Crippen LogP contribution < -0.4 is 15.2 Å². The minimum Gasteiger partial charge on any atom is -0.497 e. The monoisotopic (exact) mass is 505 g/mol. The number of pyridine rings is 1. The lowest BCUT2D eigenvalue weighted by molar-refractivity contribution is 0.186. The summed E-state index contributed by atoms with van der Waals surface area (Å²) in [6.45, 7) is 9.09. The number of tetrazole rings is 1. The highest BCUT2D eigenvalue weighted by Gasteiger charge is 2.35. The van der Waals surface area contributed by atoms with E-state index in [-0.39, 0.29) is 16.9 Å². The summed E-state index contributed by atoms with van der Waals surface area (Å²) in [5.74, 6) is 1.07. The average molecular weight is 506 g/mol. The second-order valence-corrected chi connectivity index (χ2v) is 10.0. The van der Waals surface area contributed by atoms with Gasteiger partial charge in [-0.25, -0.2) is 9.07 Å². The Balaban J connectivity index is 1.55. The summed E-state index contributed by atoms with van der Waals surface area (Å²) in [6, 6.07) is 13.7. The first-order valence-electron chi connectivity index (χ1n) is 12.5. The second-order valence-electron chi connectivity index (χ2n) is 10.0. The first-order chi connectivity index (χ1) is 17.8. The van der Waals surface area contributed by atoms with E-state index in [0.29, 0.717) is 35.7 Å². The van der Waals surface area contributed by atoms with Gasteiger partial charge in [-0.3, -0.25) is 9.69 Å². The maximum Gasteiger partial charge on any atom is 0.253 e. The summed E-state index contributed by atoms with van der Waals surface area (Å²) in [7, 11) is 1.60. The number of anilines is 1. The molecule has 1 fully saturated rings. The number of methoxy groups -OCH3 is 1. The third kappa shape index (κ3) is 4.81. The summed E-state index contributed by atoms with van der Waals surface area (Å²) in [5, 5.41) is 13.7. The molecule has 4 aromatic rings. The summed E-state index contributed by atoms with van der Waals surface area (Å²) in [6.07, 6.45) is 0.823. The summed E-state index contributed by atoms with van der Waals surface area (Å²) in [5.41, 5.74) is 1.77. The number of halogens is 1. The molecule has 1 saturated heterocycles. The summed E-state index contributed by atoms with van der Waals surface area (Å²) in [4.78, 5) is 21.0. The fourth-order valence-corrected chi connectivity index (χ4v) is 4.86. The van der Waals surface area contributed by atoms with Gasteiger partial charge in [0.2, 0.25) is 0 Å². The highest BCUT2D eigenvalue weighted by molar-refractivity contribution is 5.80. The van der Waals surface area contributed by atoms with E-state index in [1.54, 1.807) is 19.2 Å². The molecule has 0 amide bonds. The van der Waals surface area contributed by atoms with Crippen LogP contribution >= 0.6 is 0 Å². The lowest BCUT2D eigenvalue weighted by Crippen LogP contribution is -2.49. The molecule has 2 aromatic heterocycles. The van der Waals surface area contributed by atoms with E-state index in [9.17, 15) is 9.18 Å². The molecular formula is C27H32FN7O2. The molecule has 1 N–H and O–H groups in total. The van der Waals surface area contributed by atoms with Crippen LogP contribution in [0.4, 0.5) is 10.1 Å². The fraction of sp³-hybridized carbons (Fsp3) is 0.407. The number of H-pyrrole nitrogens is 1. The lowest BCUT2D eigenvalue weighted by Gasteiger charge is -2.40. The zero-order valence-electron chi connectivity index (χ0n) is 21.6. The third-order valence-electron chi connectivity index (χ3n) is 7.42. The van der Waals surface area contributed by atoms with E-state index in [1.165, 1.54) is 12.1 Å². The Morgan fingerprint density at radius 1 is 1.08 bits per heavy atom. The largest absolute Gasteiger partial charge is 0.497 e. The first kappa shape index (κ1) is 24.9. The van der Waals surface area contributed by atoms with E-state index in [0.717, 1.165) is 30.6 Å². The van der Waals surface area contributed by atoms with Gasteiger partial charge in [-0.05, 0) is 78.5 Å². The van der Waals surface area contributed by atoms with Crippen molar-refractivity contribution in [2.24, 2.45) is 0 Å². The van der Waals surface area contributed by atoms with Crippen LogP contribution in [0.2, 0.25) is 0 Å². The number of aromatic nitrogens is 5. The minimum atomic E-state index is -0.438. The average Bonchev–Trinajstić information content (AvgIpc) is 3.40.